The van der Waals surface area contributed by atoms with Crippen LogP contribution in [-0.4, -0.2) is 22.7 Å². The number of halogens is 3. The van der Waals surface area contributed by atoms with Gasteiger partial charge in [0.05, 0.1) is 15.7 Å². The third-order valence-electron chi connectivity index (χ3n) is 3.10. The van der Waals surface area contributed by atoms with Crippen molar-refractivity contribution in [2.75, 3.05) is 11.9 Å². The van der Waals surface area contributed by atoms with Gasteiger partial charge in [-0.25, -0.2) is 0 Å². The summed E-state index contributed by atoms with van der Waals surface area (Å²) >= 11 is 17.9. The molecule has 0 spiro atoms. The number of benzene rings is 2. The summed E-state index contributed by atoms with van der Waals surface area (Å²) in [7, 11) is 0. The van der Waals surface area contributed by atoms with E-state index in [1.165, 1.54) is 18.5 Å². The second kappa shape index (κ2) is 7.74. The van der Waals surface area contributed by atoms with Gasteiger partial charge in [0.1, 0.15) is 5.75 Å². The van der Waals surface area contributed by atoms with Crippen molar-refractivity contribution in [1.29, 1.82) is 0 Å². The second-order valence-electron chi connectivity index (χ2n) is 4.85. The first-order valence-corrected chi connectivity index (χ1v) is 8.10. The molecule has 1 amide bonds. The van der Waals surface area contributed by atoms with Crippen LogP contribution in [0.1, 0.15) is 0 Å². The Morgan fingerprint density at radius 1 is 1.12 bits per heavy atom. The molecule has 0 saturated heterocycles. The van der Waals surface area contributed by atoms with Crippen molar-refractivity contribution < 1.29 is 13.9 Å². The monoisotopic (exact) mass is 397 g/mol. The molecule has 2 aromatic carbocycles. The molecule has 0 bridgehead atoms. The summed E-state index contributed by atoms with van der Waals surface area (Å²) in [5, 5.41) is 10.9. The van der Waals surface area contributed by atoms with Crippen LogP contribution in [0, 0.1) is 0 Å². The third kappa shape index (κ3) is 4.42. The molecular weight excluding hydrogens is 389 g/mol. The molecule has 0 fully saturated rings. The van der Waals surface area contributed by atoms with Crippen LogP contribution in [0.25, 0.3) is 11.5 Å². The maximum Gasteiger partial charge on any atom is 0.262 e. The summed E-state index contributed by atoms with van der Waals surface area (Å²) in [6, 6.07) is 9.84. The number of ether oxygens (including phenoxy) is 1. The fraction of sp³-hybridized carbons (Fsp3) is 0.0625. The number of carbonyl (C=O) groups is 1. The molecule has 0 unspecified atom stereocenters. The lowest BCUT2D eigenvalue weighted by Crippen LogP contribution is -2.20. The van der Waals surface area contributed by atoms with Gasteiger partial charge in [-0.15, -0.1) is 10.2 Å². The quantitative estimate of drug-likeness (QED) is 0.673. The highest BCUT2D eigenvalue weighted by atomic mass is 35.5. The van der Waals surface area contributed by atoms with E-state index in [2.05, 4.69) is 15.5 Å². The molecule has 0 aliphatic carbocycles. The van der Waals surface area contributed by atoms with Gasteiger partial charge in [0.2, 0.25) is 12.3 Å². The maximum atomic E-state index is 12.0. The van der Waals surface area contributed by atoms with E-state index in [1.54, 1.807) is 24.3 Å². The maximum absolute atomic E-state index is 12.0. The molecule has 9 heteroatoms. The van der Waals surface area contributed by atoms with E-state index < -0.39 is 5.91 Å². The Hall–Kier alpha value is -2.28. The van der Waals surface area contributed by atoms with Crippen LogP contribution in [0.4, 0.5) is 5.69 Å². The lowest BCUT2D eigenvalue weighted by atomic mass is 10.2. The molecule has 0 aliphatic rings. The molecule has 0 aliphatic heterocycles. The molecule has 3 aromatic rings. The van der Waals surface area contributed by atoms with Crippen LogP contribution in [0.15, 0.2) is 47.2 Å². The van der Waals surface area contributed by atoms with Crippen LogP contribution in [0.5, 0.6) is 5.75 Å². The zero-order valence-corrected chi connectivity index (χ0v) is 14.8. The van der Waals surface area contributed by atoms with Crippen molar-refractivity contribution >= 4 is 46.4 Å². The number of carbonyl (C=O) groups excluding carboxylic acids is 1. The highest BCUT2D eigenvalue weighted by Crippen LogP contribution is 2.33. The Labute approximate surface area is 157 Å². The minimum Gasteiger partial charge on any atom is -0.484 e. The lowest BCUT2D eigenvalue weighted by Gasteiger charge is -2.11. The normalized spacial score (nSPS) is 10.5. The second-order valence-corrected chi connectivity index (χ2v) is 6.10. The number of hydrogen-bond donors (Lipinski definition) is 1. The summed E-state index contributed by atoms with van der Waals surface area (Å²) in [6.45, 7) is -0.213. The van der Waals surface area contributed by atoms with Gasteiger partial charge in [0.15, 0.2) is 6.61 Å². The number of amides is 1. The number of nitrogens with zero attached hydrogens (tertiary/aromatic N) is 2. The van der Waals surface area contributed by atoms with Crippen LogP contribution in [-0.2, 0) is 4.79 Å². The number of aromatic nitrogens is 2. The highest BCUT2D eigenvalue weighted by Gasteiger charge is 2.12. The van der Waals surface area contributed by atoms with Gasteiger partial charge >= 0.3 is 0 Å². The topological polar surface area (TPSA) is 77.2 Å². The summed E-state index contributed by atoms with van der Waals surface area (Å²) in [5.41, 5.74) is 1.03. The van der Waals surface area contributed by atoms with Crippen LogP contribution < -0.4 is 10.1 Å². The predicted octanol–water partition coefficient (Wildman–Crippen LogP) is 4.71. The Morgan fingerprint density at radius 3 is 2.40 bits per heavy atom. The molecule has 1 N–H and O–H groups in total. The van der Waals surface area contributed by atoms with Crippen molar-refractivity contribution in [3.63, 3.8) is 0 Å². The molecule has 0 saturated carbocycles. The van der Waals surface area contributed by atoms with Gasteiger partial charge in [0.25, 0.3) is 5.91 Å². The Bertz CT molecular complexity index is 860. The summed E-state index contributed by atoms with van der Waals surface area (Å²) in [4.78, 5) is 12.0. The first-order valence-electron chi connectivity index (χ1n) is 6.97. The summed E-state index contributed by atoms with van der Waals surface area (Å²) in [5.74, 6) is 0.495. The first kappa shape index (κ1) is 17.5. The summed E-state index contributed by atoms with van der Waals surface area (Å²) in [6.07, 6.45) is 1.25. The third-order valence-corrected chi connectivity index (χ3v) is 3.92. The van der Waals surface area contributed by atoms with E-state index in [0.29, 0.717) is 16.7 Å². The Kier molecular flexibility index (Phi) is 5.43. The highest BCUT2D eigenvalue weighted by molar-refractivity contribution is 6.42. The minimum absolute atomic E-state index is 0.213. The fourth-order valence-corrected chi connectivity index (χ4v) is 2.89. The molecule has 0 radical (unpaired) electrons. The molecule has 25 heavy (non-hydrogen) atoms. The number of anilines is 1. The van der Waals surface area contributed by atoms with Gasteiger partial charge in [0, 0.05) is 10.6 Å². The van der Waals surface area contributed by atoms with Gasteiger partial charge in [-0.2, -0.15) is 0 Å². The van der Waals surface area contributed by atoms with Crippen molar-refractivity contribution in [2.24, 2.45) is 0 Å². The number of hydrogen-bond acceptors (Lipinski definition) is 5. The molecule has 6 nitrogen and oxygen atoms in total. The smallest absolute Gasteiger partial charge is 0.262 e. The molecule has 1 aromatic heterocycles. The van der Waals surface area contributed by atoms with Gasteiger partial charge in [-0.05, 0) is 36.4 Å². The molecular formula is C16H10Cl3N3O3. The summed E-state index contributed by atoms with van der Waals surface area (Å²) < 4.78 is 10.5. The van der Waals surface area contributed by atoms with E-state index >= 15 is 0 Å². The Balaban J connectivity index is 1.59. The standard InChI is InChI=1S/C16H10Cl3N3O3/c17-10-5-12(18)15(13(19)6-10)21-14(23)7-24-11-3-1-9(2-4-11)16-22-20-8-25-16/h1-6,8H,7H2,(H,21,23). The van der Waals surface area contributed by atoms with E-state index in [1.807, 2.05) is 0 Å². The van der Waals surface area contributed by atoms with Gasteiger partial charge in [-0.3, -0.25) is 4.79 Å². The average molecular weight is 399 g/mol. The fourth-order valence-electron chi connectivity index (χ4n) is 1.98. The van der Waals surface area contributed by atoms with Gasteiger partial charge in [-0.1, -0.05) is 34.8 Å². The number of nitrogens with one attached hydrogen (secondary N) is 1. The van der Waals surface area contributed by atoms with Crippen molar-refractivity contribution in [3.8, 4) is 17.2 Å². The van der Waals surface area contributed by atoms with Gasteiger partial charge < -0.3 is 14.5 Å². The SMILES string of the molecule is O=C(COc1ccc(-c2nnco2)cc1)Nc1c(Cl)cc(Cl)cc1Cl. The number of rotatable bonds is 5. The average Bonchev–Trinajstić information content (AvgIpc) is 3.11. The van der Waals surface area contributed by atoms with Crippen LogP contribution in [0.3, 0.4) is 0 Å². The van der Waals surface area contributed by atoms with E-state index in [9.17, 15) is 4.79 Å². The zero-order valence-electron chi connectivity index (χ0n) is 12.5. The van der Waals surface area contributed by atoms with Crippen molar-refractivity contribution in [1.82, 2.24) is 10.2 Å². The van der Waals surface area contributed by atoms with E-state index in [-0.39, 0.29) is 22.3 Å². The first-order chi connectivity index (χ1) is 12.0. The van der Waals surface area contributed by atoms with Crippen molar-refractivity contribution in [3.05, 3.63) is 57.9 Å². The molecule has 3 rings (SSSR count). The largest absolute Gasteiger partial charge is 0.484 e. The Morgan fingerprint density at radius 2 is 1.80 bits per heavy atom. The van der Waals surface area contributed by atoms with E-state index in [4.69, 9.17) is 44.0 Å². The minimum atomic E-state index is -0.410. The molecule has 0 atom stereocenters. The van der Waals surface area contributed by atoms with Crippen LogP contribution >= 0.6 is 34.8 Å². The molecule has 1 heterocycles. The van der Waals surface area contributed by atoms with Crippen LogP contribution in [0.2, 0.25) is 15.1 Å². The van der Waals surface area contributed by atoms with Crippen molar-refractivity contribution in [2.45, 2.75) is 0 Å². The lowest BCUT2D eigenvalue weighted by molar-refractivity contribution is -0.118. The predicted molar refractivity (Wildman–Crippen MR) is 95.3 cm³/mol. The molecule has 128 valence electrons. The van der Waals surface area contributed by atoms with E-state index in [0.717, 1.165) is 5.56 Å². The zero-order chi connectivity index (χ0) is 17.8.